The Bertz CT molecular complexity index is 386. The second kappa shape index (κ2) is 4.27. The van der Waals surface area contributed by atoms with Crippen molar-refractivity contribution in [1.29, 1.82) is 0 Å². The van der Waals surface area contributed by atoms with Gasteiger partial charge in [-0.15, -0.1) is 6.42 Å². The molecule has 0 spiro atoms. The maximum absolute atomic E-state index is 9.35. The molecular formula is C13H14O2. The Morgan fingerprint density at radius 1 is 1.47 bits per heavy atom. The van der Waals surface area contributed by atoms with Crippen molar-refractivity contribution in [2.24, 2.45) is 5.92 Å². The zero-order valence-corrected chi connectivity index (χ0v) is 8.57. The number of phenols is 1. The molecule has 1 aliphatic carbocycles. The average molecular weight is 202 g/mol. The smallest absolute Gasteiger partial charge is 0.148 e. The van der Waals surface area contributed by atoms with Crippen LogP contribution in [0.5, 0.6) is 11.5 Å². The number of phenolic OH excluding ortho intramolecular Hbond substituents is 1. The lowest BCUT2D eigenvalue weighted by molar-refractivity contribution is 0.361. The van der Waals surface area contributed by atoms with Gasteiger partial charge in [0.25, 0.3) is 0 Å². The van der Waals surface area contributed by atoms with Crippen LogP contribution in [0.2, 0.25) is 0 Å². The zero-order chi connectivity index (χ0) is 10.7. The van der Waals surface area contributed by atoms with Crippen LogP contribution in [0.1, 0.15) is 18.4 Å². The van der Waals surface area contributed by atoms with Gasteiger partial charge in [0.1, 0.15) is 18.1 Å². The average Bonchev–Trinajstić information content (AvgIpc) is 3.02. The third-order valence-electron chi connectivity index (χ3n) is 2.57. The topological polar surface area (TPSA) is 29.5 Å². The molecule has 0 saturated heterocycles. The highest BCUT2D eigenvalue weighted by Crippen LogP contribution is 2.36. The summed E-state index contributed by atoms with van der Waals surface area (Å²) < 4.78 is 5.40. The fraction of sp³-hybridized carbons (Fsp3) is 0.385. The van der Waals surface area contributed by atoms with Gasteiger partial charge in [-0.2, -0.15) is 0 Å². The van der Waals surface area contributed by atoms with E-state index in [-0.39, 0.29) is 12.4 Å². The van der Waals surface area contributed by atoms with Crippen LogP contribution >= 0.6 is 0 Å². The standard InChI is InChI=1S/C13H14O2/c1-2-7-15-13-9-12(14)6-5-11(13)8-10-3-4-10/h1,5-6,9-10,14H,3-4,7-8H2. The fourth-order valence-electron chi connectivity index (χ4n) is 1.60. The van der Waals surface area contributed by atoms with Crippen LogP contribution in [0, 0.1) is 18.3 Å². The molecule has 1 aromatic rings. The predicted molar refractivity (Wildman–Crippen MR) is 58.9 cm³/mol. The molecule has 0 aliphatic heterocycles. The molecule has 0 aromatic heterocycles. The minimum Gasteiger partial charge on any atom is -0.508 e. The molecule has 1 N–H and O–H groups in total. The van der Waals surface area contributed by atoms with E-state index in [2.05, 4.69) is 5.92 Å². The van der Waals surface area contributed by atoms with Crippen LogP contribution in [-0.2, 0) is 6.42 Å². The molecule has 0 radical (unpaired) electrons. The Labute approximate surface area is 89.9 Å². The Kier molecular flexibility index (Phi) is 2.82. The van der Waals surface area contributed by atoms with Crippen LogP contribution in [0.3, 0.4) is 0 Å². The minimum absolute atomic E-state index is 0.224. The van der Waals surface area contributed by atoms with Crippen molar-refractivity contribution < 1.29 is 9.84 Å². The second-order valence-corrected chi connectivity index (χ2v) is 3.93. The molecule has 2 heteroatoms. The van der Waals surface area contributed by atoms with E-state index in [0.717, 1.165) is 23.7 Å². The summed E-state index contributed by atoms with van der Waals surface area (Å²) in [5.74, 6) is 4.17. The Balaban J connectivity index is 2.14. The number of terminal acetylenes is 1. The summed E-state index contributed by atoms with van der Waals surface area (Å²) in [7, 11) is 0. The van der Waals surface area contributed by atoms with E-state index in [1.807, 2.05) is 6.07 Å². The first-order valence-corrected chi connectivity index (χ1v) is 5.17. The normalized spacial score (nSPS) is 14.6. The zero-order valence-electron chi connectivity index (χ0n) is 8.57. The molecule has 0 bridgehead atoms. The first kappa shape index (κ1) is 9.92. The van der Waals surface area contributed by atoms with Crippen molar-refractivity contribution in [1.82, 2.24) is 0 Å². The monoisotopic (exact) mass is 202 g/mol. The Morgan fingerprint density at radius 3 is 2.93 bits per heavy atom. The van der Waals surface area contributed by atoms with Crippen LogP contribution in [0.15, 0.2) is 18.2 Å². The van der Waals surface area contributed by atoms with Crippen LogP contribution in [0.4, 0.5) is 0 Å². The van der Waals surface area contributed by atoms with Gasteiger partial charge in [0.15, 0.2) is 0 Å². The lowest BCUT2D eigenvalue weighted by Crippen LogP contribution is -1.98. The van der Waals surface area contributed by atoms with Crippen LogP contribution < -0.4 is 4.74 Å². The van der Waals surface area contributed by atoms with E-state index in [1.165, 1.54) is 12.8 Å². The quantitative estimate of drug-likeness (QED) is 0.759. The van der Waals surface area contributed by atoms with Crippen molar-refractivity contribution in [2.45, 2.75) is 19.3 Å². The van der Waals surface area contributed by atoms with Crippen LogP contribution in [-0.4, -0.2) is 11.7 Å². The summed E-state index contributed by atoms with van der Waals surface area (Å²) in [6, 6.07) is 5.25. The summed E-state index contributed by atoms with van der Waals surface area (Å²) in [4.78, 5) is 0. The van der Waals surface area contributed by atoms with Gasteiger partial charge in [-0.25, -0.2) is 0 Å². The highest BCUT2D eigenvalue weighted by Gasteiger charge is 2.23. The Hall–Kier alpha value is -1.62. The highest BCUT2D eigenvalue weighted by atomic mass is 16.5. The number of aromatic hydroxyl groups is 1. The van der Waals surface area contributed by atoms with E-state index < -0.39 is 0 Å². The third kappa shape index (κ3) is 2.66. The summed E-state index contributed by atoms with van der Waals surface area (Å²) in [5.41, 5.74) is 1.14. The molecule has 2 rings (SSSR count). The van der Waals surface area contributed by atoms with Crippen molar-refractivity contribution in [3.63, 3.8) is 0 Å². The summed E-state index contributed by atoms with van der Waals surface area (Å²) in [6.07, 6.45) is 8.77. The van der Waals surface area contributed by atoms with Crippen LogP contribution in [0.25, 0.3) is 0 Å². The van der Waals surface area contributed by atoms with Gasteiger partial charge < -0.3 is 9.84 Å². The van der Waals surface area contributed by atoms with E-state index >= 15 is 0 Å². The van der Waals surface area contributed by atoms with Crippen molar-refractivity contribution in [2.75, 3.05) is 6.61 Å². The van der Waals surface area contributed by atoms with Gasteiger partial charge in [0, 0.05) is 6.07 Å². The maximum atomic E-state index is 9.35. The van der Waals surface area contributed by atoms with Crippen molar-refractivity contribution in [3.05, 3.63) is 23.8 Å². The first-order valence-electron chi connectivity index (χ1n) is 5.17. The first-order chi connectivity index (χ1) is 7.29. The molecule has 2 nitrogen and oxygen atoms in total. The van der Waals surface area contributed by atoms with E-state index in [4.69, 9.17) is 11.2 Å². The molecule has 15 heavy (non-hydrogen) atoms. The third-order valence-corrected chi connectivity index (χ3v) is 2.57. The highest BCUT2D eigenvalue weighted by molar-refractivity contribution is 5.40. The molecule has 0 unspecified atom stereocenters. The molecule has 0 amide bonds. The van der Waals surface area contributed by atoms with Crippen molar-refractivity contribution in [3.8, 4) is 23.8 Å². The lowest BCUT2D eigenvalue weighted by atomic mass is 10.1. The second-order valence-electron chi connectivity index (χ2n) is 3.93. The van der Waals surface area contributed by atoms with Crippen molar-refractivity contribution >= 4 is 0 Å². The number of hydrogen-bond acceptors (Lipinski definition) is 2. The number of hydrogen-bond donors (Lipinski definition) is 1. The summed E-state index contributed by atoms with van der Waals surface area (Å²) in [6.45, 7) is 0.251. The van der Waals surface area contributed by atoms with Gasteiger partial charge >= 0.3 is 0 Å². The van der Waals surface area contributed by atoms with Gasteiger partial charge in [-0.3, -0.25) is 0 Å². The van der Waals surface area contributed by atoms with Gasteiger partial charge in [0.05, 0.1) is 0 Å². The largest absolute Gasteiger partial charge is 0.508 e. The number of benzene rings is 1. The Morgan fingerprint density at radius 2 is 2.27 bits per heavy atom. The molecular weight excluding hydrogens is 188 g/mol. The van der Waals surface area contributed by atoms with E-state index in [9.17, 15) is 5.11 Å². The molecule has 78 valence electrons. The molecule has 1 aliphatic rings. The SMILES string of the molecule is C#CCOc1cc(O)ccc1CC1CC1. The maximum Gasteiger partial charge on any atom is 0.148 e. The minimum atomic E-state index is 0.224. The molecule has 0 heterocycles. The molecule has 0 atom stereocenters. The molecule has 1 saturated carbocycles. The predicted octanol–water partition coefficient (Wildman–Crippen LogP) is 2.36. The van der Waals surface area contributed by atoms with Gasteiger partial charge in [-0.05, 0) is 36.8 Å². The van der Waals surface area contributed by atoms with E-state index in [0.29, 0.717) is 0 Å². The van der Waals surface area contributed by atoms with E-state index in [1.54, 1.807) is 12.1 Å². The fourth-order valence-corrected chi connectivity index (χ4v) is 1.60. The summed E-state index contributed by atoms with van der Waals surface area (Å²) >= 11 is 0. The van der Waals surface area contributed by atoms with Gasteiger partial charge in [-0.1, -0.05) is 12.0 Å². The molecule has 1 aromatic carbocycles. The van der Waals surface area contributed by atoms with Gasteiger partial charge in [0.2, 0.25) is 0 Å². The number of ether oxygens (including phenoxy) is 1. The summed E-state index contributed by atoms with van der Waals surface area (Å²) in [5, 5.41) is 9.35. The molecule has 1 fully saturated rings. The lowest BCUT2D eigenvalue weighted by Gasteiger charge is -2.09. The number of rotatable bonds is 4.